The fourth-order valence-electron chi connectivity index (χ4n) is 3.79. The second-order valence-corrected chi connectivity index (χ2v) is 8.66. The van der Waals surface area contributed by atoms with Crippen LogP contribution in [0.5, 0.6) is 0 Å². The number of aliphatic hydroxyl groups is 1. The average molecular weight is 512 g/mol. The molecule has 0 amide bonds. The summed E-state index contributed by atoms with van der Waals surface area (Å²) in [7, 11) is 1.33. The highest BCUT2D eigenvalue weighted by atomic mass is 35.5. The van der Waals surface area contributed by atoms with Crippen LogP contribution in [0.2, 0.25) is 10.2 Å². The van der Waals surface area contributed by atoms with Crippen LogP contribution in [0.1, 0.15) is 36.0 Å². The van der Waals surface area contributed by atoms with Gasteiger partial charge in [-0.25, -0.2) is 4.98 Å². The van der Waals surface area contributed by atoms with Crippen molar-refractivity contribution in [2.45, 2.75) is 37.5 Å². The third-order valence-electron chi connectivity index (χ3n) is 5.83. The first kappa shape index (κ1) is 26.0. The number of alkyl halides is 3. The van der Waals surface area contributed by atoms with Crippen molar-refractivity contribution >= 4 is 29.2 Å². The Hall–Kier alpha value is -2.61. The van der Waals surface area contributed by atoms with Crippen LogP contribution >= 0.6 is 23.2 Å². The summed E-state index contributed by atoms with van der Waals surface area (Å²) in [4.78, 5) is 15.0. The molecule has 1 N–H and O–H groups in total. The van der Waals surface area contributed by atoms with Gasteiger partial charge in [-0.1, -0.05) is 66.5 Å². The number of rotatable bonds is 7. The molecule has 0 spiro atoms. The van der Waals surface area contributed by atoms with Crippen molar-refractivity contribution in [1.82, 2.24) is 4.98 Å². The molecule has 2 aromatic carbocycles. The summed E-state index contributed by atoms with van der Waals surface area (Å²) in [5.41, 5.74) is -1.08. The molecule has 4 nitrogen and oxygen atoms in total. The molecular formula is C25H22Cl2F3NO3. The summed E-state index contributed by atoms with van der Waals surface area (Å²) in [6.45, 7) is 1.26. The van der Waals surface area contributed by atoms with E-state index in [1.807, 2.05) is 24.3 Å². The number of hydrogen-bond donors (Lipinski definition) is 1. The minimum Gasteiger partial charge on any atom is -0.469 e. The van der Waals surface area contributed by atoms with Gasteiger partial charge in [0, 0.05) is 23.6 Å². The normalized spacial score (nSPS) is 14.4. The Bertz CT molecular complexity index is 1170. The summed E-state index contributed by atoms with van der Waals surface area (Å²) >= 11 is 12.2. The molecule has 3 aromatic rings. The average Bonchev–Trinajstić information content (AvgIpc) is 2.81. The van der Waals surface area contributed by atoms with E-state index in [1.165, 1.54) is 20.1 Å². The van der Waals surface area contributed by atoms with Crippen LogP contribution in [0.4, 0.5) is 13.2 Å². The number of benzene rings is 2. The maximum absolute atomic E-state index is 14.1. The fraction of sp³-hybridized carbons (Fsp3) is 0.280. The molecule has 0 bridgehead atoms. The van der Waals surface area contributed by atoms with E-state index in [4.69, 9.17) is 23.2 Å². The van der Waals surface area contributed by atoms with Gasteiger partial charge in [-0.3, -0.25) is 4.79 Å². The van der Waals surface area contributed by atoms with Gasteiger partial charge in [0.25, 0.3) is 0 Å². The predicted molar refractivity (Wildman–Crippen MR) is 125 cm³/mol. The minimum atomic E-state index is -5.00. The van der Waals surface area contributed by atoms with Crippen LogP contribution < -0.4 is 0 Å². The SMILES string of the molecule is COC(=O)CCc1ccc(-c2ccc(C(C)C(O)(c3ccnc(Cl)c3)C(F)(F)F)c(Cl)c2)cc1. The third-order valence-corrected chi connectivity index (χ3v) is 6.36. The molecule has 2 atom stereocenters. The smallest absolute Gasteiger partial charge is 0.422 e. The van der Waals surface area contributed by atoms with Crippen molar-refractivity contribution in [2.24, 2.45) is 0 Å². The maximum atomic E-state index is 14.1. The number of ether oxygens (including phenoxy) is 1. The van der Waals surface area contributed by atoms with E-state index in [0.717, 1.165) is 29.5 Å². The number of halogens is 5. The Balaban J connectivity index is 1.91. The minimum absolute atomic E-state index is 0.0857. The molecule has 0 aliphatic heterocycles. The lowest BCUT2D eigenvalue weighted by Gasteiger charge is -2.37. The fourth-order valence-corrected chi connectivity index (χ4v) is 4.31. The number of pyridine rings is 1. The Morgan fingerprint density at radius 1 is 1.06 bits per heavy atom. The molecule has 0 aliphatic rings. The van der Waals surface area contributed by atoms with E-state index in [1.54, 1.807) is 12.1 Å². The van der Waals surface area contributed by atoms with Crippen molar-refractivity contribution in [1.29, 1.82) is 0 Å². The Kier molecular flexibility index (Phi) is 7.91. The molecule has 0 saturated carbocycles. The first-order valence-corrected chi connectivity index (χ1v) is 11.1. The molecule has 9 heteroatoms. The lowest BCUT2D eigenvalue weighted by Crippen LogP contribution is -2.46. The third kappa shape index (κ3) is 5.37. The van der Waals surface area contributed by atoms with Crippen molar-refractivity contribution in [3.63, 3.8) is 0 Å². The number of hydrogen-bond acceptors (Lipinski definition) is 4. The van der Waals surface area contributed by atoms with E-state index >= 15 is 0 Å². The lowest BCUT2D eigenvalue weighted by molar-refractivity contribution is -0.274. The van der Waals surface area contributed by atoms with E-state index in [9.17, 15) is 23.1 Å². The molecule has 0 radical (unpaired) electrons. The quantitative estimate of drug-likeness (QED) is 0.282. The van der Waals surface area contributed by atoms with Crippen LogP contribution in [-0.4, -0.2) is 29.3 Å². The molecular weight excluding hydrogens is 490 g/mol. The molecule has 1 aromatic heterocycles. The van der Waals surface area contributed by atoms with Gasteiger partial charge in [0.15, 0.2) is 5.60 Å². The standard InChI is InChI=1S/C25H22Cl2F3NO3/c1-15(24(33,25(28,29)30)19-11-12-31-22(27)14-19)20-9-8-18(13-21(20)26)17-6-3-16(4-7-17)5-10-23(32)34-2/h3-4,6-9,11-15,33H,5,10H2,1-2H3. The second kappa shape index (κ2) is 10.3. The zero-order valence-electron chi connectivity index (χ0n) is 18.4. The molecule has 0 saturated heterocycles. The Morgan fingerprint density at radius 3 is 2.26 bits per heavy atom. The number of aryl methyl sites for hydroxylation is 1. The van der Waals surface area contributed by atoms with Crippen molar-refractivity contribution < 1.29 is 27.8 Å². The number of esters is 1. The number of aromatic nitrogens is 1. The Labute approximate surface area is 205 Å². The maximum Gasteiger partial charge on any atom is 0.422 e. The van der Waals surface area contributed by atoms with Gasteiger partial charge in [0.05, 0.1) is 7.11 Å². The topological polar surface area (TPSA) is 59.4 Å². The summed E-state index contributed by atoms with van der Waals surface area (Å²) in [5.74, 6) is -1.73. The second-order valence-electron chi connectivity index (χ2n) is 7.86. The first-order chi connectivity index (χ1) is 16.0. The lowest BCUT2D eigenvalue weighted by atomic mass is 9.77. The number of methoxy groups -OCH3 is 1. The van der Waals surface area contributed by atoms with Crippen LogP contribution in [-0.2, 0) is 21.6 Å². The van der Waals surface area contributed by atoms with Gasteiger partial charge in [-0.15, -0.1) is 0 Å². The van der Waals surface area contributed by atoms with Gasteiger partial charge < -0.3 is 9.84 Å². The van der Waals surface area contributed by atoms with Gasteiger partial charge >= 0.3 is 12.1 Å². The molecule has 34 heavy (non-hydrogen) atoms. The number of carbonyl (C=O) groups excluding carboxylic acids is 1. The highest BCUT2D eigenvalue weighted by Gasteiger charge is 2.59. The van der Waals surface area contributed by atoms with Gasteiger partial charge in [-0.05, 0) is 52.4 Å². The van der Waals surface area contributed by atoms with Crippen molar-refractivity contribution in [2.75, 3.05) is 7.11 Å². The van der Waals surface area contributed by atoms with E-state index in [2.05, 4.69) is 9.72 Å². The first-order valence-electron chi connectivity index (χ1n) is 10.3. The van der Waals surface area contributed by atoms with Crippen LogP contribution in [0.15, 0.2) is 60.8 Å². The zero-order chi connectivity index (χ0) is 25.1. The Morgan fingerprint density at radius 2 is 1.71 bits per heavy atom. The number of carbonyl (C=O) groups is 1. The largest absolute Gasteiger partial charge is 0.469 e. The molecule has 1 heterocycles. The van der Waals surface area contributed by atoms with Crippen LogP contribution in [0.3, 0.4) is 0 Å². The van der Waals surface area contributed by atoms with E-state index in [0.29, 0.717) is 12.0 Å². The van der Waals surface area contributed by atoms with Gasteiger partial charge in [-0.2, -0.15) is 13.2 Å². The van der Waals surface area contributed by atoms with Crippen molar-refractivity contribution in [3.05, 3.63) is 87.7 Å². The predicted octanol–water partition coefficient (Wildman–Crippen LogP) is 6.71. The highest BCUT2D eigenvalue weighted by Crippen LogP contribution is 2.50. The van der Waals surface area contributed by atoms with Gasteiger partial charge in [0.1, 0.15) is 5.15 Å². The zero-order valence-corrected chi connectivity index (χ0v) is 19.9. The van der Waals surface area contributed by atoms with Crippen LogP contribution in [0.25, 0.3) is 11.1 Å². The number of nitrogens with zero attached hydrogens (tertiary/aromatic N) is 1. The van der Waals surface area contributed by atoms with E-state index in [-0.39, 0.29) is 28.1 Å². The van der Waals surface area contributed by atoms with E-state index < -0.39 is 23.3 Å². The summed E-state index contributed by atoms with van der Waals surface area (Å²) in [6.07, 6.45) is -3.10. The molecule has 2 unspecified atom stereocenters. The summed E-state index contributed by atoms with van der Waals surface area (Å²) < 4.78 is 47.0. The molecule has 3 rings (SSSR count). The summed E-state index contributed by atoms with van der Waals surface area (Å²) in [5, 5.41) is 10.8. The highest BCUT2D eigenvalue weighted by molar-refractivity contribution is 6.31. The molecule has 0 aliphatic carbocycles. The monoisotopic (exact) mass is 511 g/mol. The molecule has 180 valence electrons. The summed E-state index contributed by atoms with van der Waals surface area (Å²) in [6, 6.07) is 14.2. The van der Waals surface area contributed by atoms with Crippen LogP contribution in [0, 0.1) is 0 Å². The van der Waals surface area contributed by atoms with Crippen molar-refractivity contribution in [3.8, 4) is 11.1 Å². The molecule has 0 fully saturated rings. The van der Waals surface area contributed by atoms with Gasteiger partial charge in [0.2, 0.25) is 0 Å².